The minimum Gasteiger partial charge on any atom is -0.387 e. The first-order valence-electron chi connectivity index (χ1n) is 9.74. The number of pyridine rings is 1. The minimum absolute atomic E-state index is 0.153. The van der Waals surface area contributed by atoms with Crippen molar-refractivity contribution in [2.45, 2.75) is 40.6 Å². The summed E-state index contributed by atoms with van der Waals surface area (Å²) in [5.41, 5.74) is 0.860. The molecule has 0 spiro atoms. The first-order valence-corrected chi connectivity index (χ1v) is 12.7. The summed E-state index contributed by atoms with van der Waals surface area (Å²) in [6.07, 6.45) is 1.82. The van der Waals surface area contributed by atoms with Crippen LogP contribution in [-0.4, -0.2) is 33.5 Å². The van der Waals surface area contributed by atoms with Gasteiger partial charge < -0.3 is 5.11 Å². The maximum Gasteiger partial charge on any atom is 0.240 e. The fourth-order valence-corrected chi connectivity index (χ4v) is 5.89. The fraction of sp³-hybridized carbons (Fsp3) is 0.227. The van der Waals surface area contributed by atoms with Crippen LogP contribution in [0.4, 0.5) is 4.39 Å². The molecule has 0 aliphatic heterocycles. The van der Waals surface area contributed by atoms with E-state index in [1.54, 1.807) is 26.0 Å². The van der Waals surface area contributed by atoms with Crippen LogP contribution in [0.2, 0.25) is 0 Å². The third-order valence-electron chi connectivity index (χ3n) is 4.87. The molecule has 170 valence electrons. The number of hydrogen-bond acceptors (Lipinski definition) is 6. The Kier molecular flexibility index (Phi) is 7.09. The second kappa shape index (κ2) is 9.45. The molecule has 1 atom stereocenters. The molecule has 1 heterocycles. The van der Waals surface area contributed by atoms with E-state index in [2.05, 4.69) is 9.71 Å². The third kappa shape index (κ3) is 5.21. The van der Waals surface area contributed by atoms with Crippen molar-refractivity contribution in [3.8, 4) is 0 Å². The number of aromatic nitrogens is 1. The second-order valence-corrected chi connectivity index (χ2v) is 11.2. The molecule has 1 unspecified atom stereocenters. The van der Waals surface area contributed by atoms with Gasteiger partial charge in [0, 0.05) is 24.5 Å². The average molecular weight is 479 g/mol. The summed E-state index contributed by atoms with van der Waals surface area (Å²) < 4.78 is 67.6. The molecular weight excluding hydrogens is 455 g/mol. The molecule has 0 aliphatic carbocycles. The molecule has 32 heavy (non-hydrogen) atoms. The smallest absolute Gasteiger partial charge is 0.240 e. The van der Waals surface area contributed by atoms with Crippen molar-refractivity contribution in [2.24, 2.45) is 0 Å². The fourth-order valence-electron chi connectivity index (χ4n) is 3.10. The lowest BCUT2D eigenvalue weighted by Crippen LogP contribution is -2.29. The van der Waals surface area contributed by atoms with E-state index in [-0.39, 0.29) is 27.1 Å². The number of halogens is 1. The van der Waals surface area contributed by atoms with Gasteiger partial charge in [-0.05, 0) is 53.9 Å². The van der Waals surface area contributed by atoms with Gasteiger partial charge in [-0.3, -0.25) is 4.98 Å². The van der Waals surface area contributed by atoms with Crippen LogP contribution >= 0.6 is 0 Å². The molecule has 0 saturated heterocycles. The van der Waals surface area contributed by atoms with Crippen molar-refractivity contribution in [1.29, 1.82) is 0 Å². The number of hydrogen-bond donors (Lipinski definition) is 2. The highest BCUT2D eigenvalue weighted by Gasteiger charge is 2.26. The molecular formula is C22H23FN2O5S2. The van der Waals surface area contributed by atoms with Crippen LogP contribution in [0.3, 0.4) is 0 Å². The lowest BCUT2D eigenvalue weighted by molar-refractivity contribution is 0.181. The number of nitrogens with one attached hydrogen (secondary N) is 1. The molecule has 2 N–H and O–H groups in total. The predicted octanol–water partition coefficient (Wildman–Crippen LogP) is 3.19. The van der Waals surface area contributed by atoms with E-state index >= 15 is 0 Å². The Balaban J connectivity index is 1.97. The quantitative estimate of drug-likeness (QED) is 0.481. The van der Waals surface area contributed by atoms with E-state index < -0.39 is 31.8 Å². The van der Waals surface area contributed by atoms with Gasteiger partial charge in [0.05, 0.1) is 20.8 Å². The second-order valence-electron chi connectivity index (χ2n) is 7.47. The van der Waals surface area contributed by atoms with Gasteiger partial charge in [0.2, 0.25) is 19.9 Å². The zero-order valence-corrected chi connectivity index (χ0v) is 19.1. The molecule has 0 bridgehead atoms. The molecule has 3 aromatic rings. The normalized spacial score (nSPS) is 13.3. The van der Waals surface area contributed by atoms with Gasteiger partial charge in [0.25, 0.3) is 0 Å². The van der Waals surface area contributed by atoms with Crippen molar-refractivity contribution >= 4 is 19.9 Å². The van der Waals surface area contributed by atoms with Crippen LogP contribution in [0.15, 0.2) is 81.7 Å². The number of aliphatic hydroxyl groups is 1. The van der Waals surface area contributed by atoms with Gasteiger partial charge in [-0.25, -0.2) is 25.9 Å². The van der Waals surface area contributed by atoms with Gasteiger partial charge in [-0.15, -0.1) is 0 Å². The van der Waals surface area contributed by atoms with E-state index in [0.29, 0.717) is 11.1 Å². The monoisotopic (exact) mass is 478 g/mol. The number of aliphatic hydroxyl groups excluding tert-OH is 1. The summed E-state index contributed by atoms with van der Waals surface area (Å²) in [4.78, 5) is 3.30. The van der Waals surface area contributed by atoms with Crippen molar-refractivity contribution in [3.05, 3.63) is 83.9 Å². The molecule has 0 amide bonds. The topological polar surface area (TPSA) is 113 Å². The average Bonchev–Trinajstić information content (AvgIpc) is 2.78. The van der Waals surface area contributed by atoms with Gasteiger partial charge >= 0.3 is 0 Å². The van der Waals surface area contributed by atoms with Crippen LogP contribution in [0.1, 0.15) is 37.0 Å². The van der Waals surface area contributed by atoms with Crippen LogP contribution in [0.5, 0.6) is 0 Å². The standard InChI is InChI=1S/C22H23FN2O5S2/c1-15(2)20-10-9-19(31(27,28)18-7-5-17(23)6-8-18)12-22(20)32(29,30)25-14-21(26)16-4-3-11-24-13-16/h3-13,15,21,25-26H,14H2,1-2H3. The van der Waals surface area contributed by atoms with Crippen LogP contribution in [0.25, 0.3) is 0 Å². The van der Waals surface area contributed by atoms with E-state index in [1.807, 2.05) is 0 Å². The molecule has 0 saturated carbocycles. The lowest BCUT2D eigenvalue weighted by atomic mass is 10.0. The van der Waals surface area contributed by atoms with Crippen LogP contribution < -0.4 is 4.72 Å². The van der Waals surface area contributed by atoms with Crippen molar-refractivity contribution in [3.63, 3.8) is 0 Å². The molecule has 0 aliphatic rings. The SMILES string of the molecule is CC(C)c1ccc(S(=O)(=O)c2ccc(F)cc2)cc1S(=O)(=O)NCC(O)c1cccnc1. The molecule has 0 radical (unpaired) electrons. The molecule has 7 nitrogen and oxygen atoms in total. The molecule has 1 aromatic heterocycles. The summed E-state index contributed by atoms with van der Waals surface area (Å²) in [5, 5.41) is 10.3. The zero-order valence-electron chi connectivity index (χ0n) is 17.4. The number of sulfonamides is 1. The van der Waals surface area contributed by atoms with Gasteiger partial charge in [-0.1, -0.05) is 26.0 Å². The maximum absolute atomic E-state index is 13.2. The lowest BCUT2D eigenvalue weighted by Gasteiger charge is -2.17. The third-order valence-corrected chi connectivity index (χ3v) is 8.11. The van der Waals surface area contributed by atoms with Gasteiger partial charge in [0.1, 0.15) is 5.82 Å². The van der Waals surface area contributed by atoms with E-state index in [4.69, 9.17) is 0 Å². The highest BCUT2D eigenvalue weighted by atomic mass is 32.2. The highest BCUT2D eigenvalue weighted by Crippen LogP contribution is 2.29. The van der Waals surface area contributed by atoms with E-state index in [9.17, 15) is 26.3 Å². The molecule has 0 fully saturated rings. The number of benzene rings is 2. The number of nitrogens with zero attached hydrogens (tertiary/aromatic N) is 1. The molecule has 3 rings (SSSR count). The summed E-state index contributed by atoms with van der Waals surface area (Å²) in [6.45, 7) is 3.25. The van der Waals surface area contributed by atoms with Gasteiger partial charge in [0.15, 0.2) is 0 Å². The summed E-state index contributed by atoms with van der Waals surface area (Å²) >= 11 is 0. The first-order chi connectivity index (χ1) is 15.0. The van der Waals surface area contributed by atoms with Crippen LogP contribution in [-0.2, 0) is 19.9 Å². The summed E-state index contributed by atoms with van der Waals surface area (Å²) in [6, 6.07) is 11.4. The van der Waals surface area contributed by atoms with Crippen molar-refractivity contribution < 1.29 is 26.3 Å². The van der Waals surface area contributed by atoms with Crippen LogP contribution in [0, 0.1) is 5.82 Å². The zero-order chi connectivity index (χ0) is 23.5. The molecule has 2 aromatic carbocycles. The number of sulfone groups is 1. The summed E-state index contributed by atoms with van der Waals surface area (Å²) in [7, 11) is -8.24. The number of rotatable bonds is 8. The maximum atomic E-state index is 13.2. The highest BCUT2D eigenvalue weighted by molar-refractivity contribution is 7.91. The minimum atomic E-state index is -4.17. The molecule has 10 heteroatoms. The Morgan fingerprint density at radius 3 is 2.25 bits per heavy atom. The van der Waals surface area contributed by atoms with Gasteiger partial charge in [-0.2, -0.15) is 0 Å². The Morgan fingerprint density at radius 2 is 1.66 bits per heavy atom. The van der Waals surface area contributed by atoms with E-state index in [1.165, 1.54) is 24.5 Å². The Morgan fingerprint density at radius 1 is 1.00 bits per heavy atom. The Bertz CT molecular complexity index is 1290. The van der Waals surface area contributed by atoms with Crippen molar-refractivity contribution in [2.75, 3.05) is 6.54 Å². The first kappa shape index (κ1) is 24.0. The Hall–Kier alpha value is -2.66. The van der Waals surface area contributed by atoms with E-state index in [0.717, 1.165) is 30.3 Å². The predicted molar refractivity (Wildman–Crippen MR) is 117 cm³/mol. The Labute approximate surface area is 186 Å². The van der Waals surface area contributed by atoms with Crippen molar-refractivity contribution in [1.82, 2.24) is 9.71 Å². The summed E-state index contributed by atoms with van der Waals surface area (Å²) in [5.74, 6) is -0.800. The largest absolute Gasteiger partial charge is 0.387 e.